The Labute approximate surface area is 234 Å². The van der Waals surface area contributed by atoms with Crippen molar-refractivity contribution in [2.24, 2.45) is 7.05 Å². The van der Waals surface area contributed by atoms with Gasteiger partial charge in [0.2, 0.25) is 0 Å². The van der Waals surface area contributed by atoms with Crippen LogP contribution in [0.25, 0.3) is 0 Å². The molecule has 0 bridgehead atoms. The quantitative estimate of drug-likeness (QED) is 0.321. The van der Waals surface area contributed by atoms with E-state index < -0.39 is 54.0 Å². The number of tetrazole rings is 1. The summed E-state index contributed by atoms with van der Waals surface area (Å²) >= 11 is 0. The predicted molar refractivity (Wildman–Crippen MR) is 133 cm³/mol. The third-order valence-electron chi connectivity index (χ3n) is 7.07. The number of rotatable bonds is 6. The molecule has 1 aliphatic rings. The summed E-state index contributed by atoms with van der Waals surface area (Å²) in [5.74, 6) is -0.150. The molecule has 1 aromatic heterocycles. The highest BCUT2D eigenvalue weighted by Gasteiger charge is 2.40. The van der Waals surface area contributed by atoms with Gasteiger partial charge in [-0.15, -0.1) is 5.10 Å². The zero-order chi connectivity index (χ0) is 31.2. The lowest BCUT2D eigenvalue weighted by Gasteiger charge is -2.34. The number of aliphatic hydroxyl groups is 1. The van der Waals surface area contributed by atoms with E-state index in [4.69, 9.17) is 0 Å². The number of aliphatic hydroxyl groups excluding tert-OH is 1. The summed E-state index contributed by atoms with van der Waals surface area (Å²) in [6, 6.07) is 2.53. The lowest BCUT2D eigenvalue weighted by Crippen LogP contribution is -2.34. The van der Waals surface area contributed by atoms with Gasteiger partial charge in [0.1, 0.15) is 6.23 Å². The molecule has 0 amide bonds. The second-order valence-corrected chi connectivity index (χ2v) is 10.0. The number of halogens is 9. The monoisotopic (exact) mass is 610 g/mol. The number of nitrogens with zero attached hydrogens (tertiary/aromatic N) is 6. The molecule has 7 nitrogen and oxygen atoms in total. The van der Waals surface area contributed by atoms with Gasteiger partial charge in [-0.25, -0.2) is 0 Å². The summed E-state index contributed by atoms with van der Waals surface area (Å²) in [5, 5.41) is 22.2. The third-order valence-corrected chi connectivity index (χ3v) is 7.07. The lowest BCUT2D eigenvalue weighted by molar-refractivity contribution is -0.143. The van der Waals surface area contributed by atoms with Crippen LogP contribution >= 0.6 is 0 Å². The fraction of sp³-hybridized carbons (Fsp3) is 0.500. The summed E-state index contributed by atoms with van der Waals surface area (Å²) < 4.78 is 124. The minimum Gasteiger partial charge on any atom is -0.374 e. The van der Waals surface area contributed by atoms with Crippen molar-refractivity contribution in [1.82, 2.24) is 20.2 Å². The van der Waals surface area contributed by atoms with Crippen molar-refractivity contribution in [3.05, 3.63) is 63.7 Å². The van der Waals surface area contributed by atoms with Gasteiger partial charge in [0, 0.05) is 18.8 Å². The topological polar surface area (TPSA) is 70.3 Å². The lowest BCUT2D eigenvalue weighted by atomic mass is 9.93. The third kappa shape index (κ3) is 6.57. The number of aromatic nitrogens is 4. The number of anilines is 2. The maximum Gasteiger partial charge on any atom is 0.416 e. The van der Waals surface area contributed by atoms with Crippen molar-refractivity contribution in [2.75, 3.05) is 16.3 Å². The van der Waals surface area contributed by atoms with Crippen LogP contribution in [0.3, 0.4) is 0 Å². The highest BCUT2D eigenvalue weighted by Crippen LogP contribution is 2.45. The van der Waals surface area contributed by atoms with Crippen molar-refractivity contribution < 1.29 is 44.6 Å². The number of hydrogen-bond donors (Lipinski definition) is 1. The van der Waals surface area contributed by atoms with Gasteiger partial charge in [-0.1, -0.05) is 18.1 Å². The van der Waals surface area contributed by atoms with Crippen LogP contribution in [0.1, 0.15) is 66.1 Å². The molecule has 0 radical (unpaired) electrons. The first-order valence-electron chi connectivity index (χ1n) is 12.9. The van der Waals surface area contributed by atoms with Gasteiger partial charge in [-0.3, -0.25) is 0 Å². The van der Waals surface area contributed by atoms with Gasteiger partial charge in [0.15, 0.2) is 0 Å². The normalized spacial score (nSPS) is 17.2. The fourth-order valence-corrected chi connectivity index (χ4v) is 5.18. The number of benzene rings is 2. The van der Waals surface area contributed by atoms with E-state index >= 15 is 0 Å². The van der Waals surface area contributed by atoms with Crippen molar-refractivity contribution in [1.29, 1.82) is 0 Å². The Morgan fingerprint density at radius 1 is 0.952 bits per heavy atom. The first-order valence-corrected chi connectivity index (χ1v) is 12.9. The Morgan fingerprint density at radius 2 is 1.57 bits per heavy atom. The predicted octanol–water partition coefficient (Wildman–Crippen LogP) is 6.52. The van der Waals surface area contributed by atoms with Crippen LogP contribution in [0.4, 0.5) is 51.1 Å². The van der Waals surface area contributed by atoms with Gasteiger partial charge >= 0.3 is 18.5 Å². The van der Waals surface area contributed by atoms with Gasteiger partial charge < -0.3 is 14.9 Å². The van der Waals surface area contributed by atoms with Crippen molar-refractivity contribution in [2.45, 2.75) is 70.5 Å². The highest BCUT2D eigenvalue weighted by atomic mass is 19.4. The van der Waals surface area contributed by atoms with Gasteiger partial charge in [-0.2, -0.15) is 44.3 Å². The van der Waals surface area contributed by atoms with Crippen LogP contribution in [0, 0.1) is 0 Å². The minimum absolute atomic E-state index is 0.0159. The van der Waals surface area contributed by atoms with Crippen molar-refractivity contribution >= 4 is 11.6 Å². The molecule has 4 rings (SSSR count). The molecule has 230 valence electrons. The van der Waals surface area contributed by atoms with E-state index in [9.17, 15) is 44.6 Å². The van der Waals surface area contributed by atoms with Crippen LogP contribution in [-0.2, 0) is 38.5 Å². The molecule has 0 fully saturated rings. The molecule has 3 aromatic rings. The molecule has 0 saturated carbocycles. The molecule has 2 atom stereocenters. The molecule has 2 aromatic carbocycles. The molecule has 16 heteroatoms. The van der Waals surface area contributed by atoms with E-state index in [2.05, 4.69) is 15.4 Å². The summed E-state index contributed by atoms with van der Waals surface area (Å²) in [5.41, 5.74) is -4.05. The molecule has 1 aliphatic heterocycles. The summed E-state index contributed by atoms with van der Waals surface area (Å²) in [6.07, 6.45) is -15.6. The Bertz CT molecular complexity index is 1380. The molecule has 42 heavy (non-hydrogen) atoms. The summed E-state index contributed by atoms with van der Waals surface area (Å²) in [7, 11) is 1.40. The summed E-state index contributed by atoms with van der Waals surface area (Å²) in [4.78, 5) is 3.75. The average molecular weight is 611 g/mol. The maximum absolute atomic E-state index is 14.0. The fourth-order valence-electron chi connectivity index (χ4n) is 5.18. The first kappa shape index (κ1) is 31.4. The Morgan fingerprint density at radius 3 is 2.05 bits per heavy atom. The first-order chi connectivity index (χ1) is 19.4. The second kappa shape index (κ2) is 11.3. The van der Waals surface area contributed by atoms with Crippen molar-refractivity contribution in [3.8, 4) is 0 Å². The van der Waals surface area contributed by atoms with Gasteiger partial charge in [0.25, 0.3) is 5.95 Å². The number of hydrogen-bond acceptors (Lipinski definition) is 6. The maximum atomic E-state index is 14.0. The van der Waals surface area contributed by atoms with Crippen LogP contribution in [0.15, 0.2) is 30.3 Å². The number of fused-ring (bicyclic) bond motifs is 1. The van der Waals surface area contributed by atoms with Gasteiger partial charge in [-0.05, 0) is 72.4 Å². The van der Waals surface area contributed by atoms with E-state index in [0.29, 0.717) is 18.6 Å². The zero-order valence-corrected chi connectivity index (χ0v) is 22.6. The molecule has 2 heterocycles. The van der Waals surface area contributed by atoms with Crippen molar-refractivity contribution in [3.63, 3.8) is 0 Å². The molecule has 0 saturated heterocycles. The minimum atomic E-state index is -5.08. The zero-order valence-electron chi connectivity index (χ0n) is 22.6. The van der Waals surface area contributed by atoms with Crippen LogP contribution in [0.5, 0.6) is 0 Å². The van der Waals surface area contributed by atoms with Crippen LogP contribution in [0.2, 0.25) is 0 Å². The number of alkyl halides is 9. The molecule has 1 N–H and O–H groups in total. The van der Waals surface area contributed by atoms with E-state index in [-0.39, 0.29) is 53.8 Å². The van der Waals surface area contributed by atoms with Gasteiger partial charge in [0.05, 0.1) is 29.8 Å². The molecule has 0 spiro atoms. The smallest absolute Gasteiger partial charge is 0.374 e. The van der Waals surface area contributed by atoms with Crippen LogP contribution < -0.4 is 9.80 Å². The standard InChI is InChI=1S/C26H27F9N6O/c1-4-16-10-19-21(6-5-7-40(14(2)42)22(19)12-20(16)26(33,34)35)41(23-36-38-39(3)37-23)13-15-8-17(24(27,28)29)11-18(9-15)25(30,31)32/h8-12,14,21,42H,4-7,13H2,1-3H3/t14-,21?/m0/s1. The Hall–Kier alpha value is -3.56. The van der Waals surface area contributed by atoms with E-state index in [0.717, 1.165) is 10.9 Å². The van der Waals surface area contributed by atoms with E-state index in [1.807, 2.05) is 0 Å². The number of aryl methyl sites for hydroxylation is 2. The Balaban J connectivity index is 1.94. The van der Waals surface area contributed by atoms with Crippen LogP contribution in [-0.4, -0.2) is 38.1 Å². The molecular formula is C26H27F9N6O. The van der Waals surface area contributed by atoms with E-state index in [1.54, 1.807) is 0 Å². The largest absolute Gasteiger partial charge is 0.416 e. The molecule has 0 aliphatic carbocycles. The molecule has 1 unspecified atom stereocenters. The SMILES string of the molecule is CCc1cc2c(cc1C(F)(F)F)N([C@H](C)O)CCCC2N(Cc1cc(C(F)(F)F)cc(C(F)(F)F)c1)c1nnn(C)n1. The molecular weight excluding hydrogens is 583 g/mol. The average Bonchev–Trinajstić information content (AvgIpc) is 3.21. The second-order valence-electron chi connectivity index (χ2n) is 10.0. The Kier molecular flexibility index (Phi) is 8.41. The highest BCUT2D eigenvalue weighted by molar-refractivity contribution is 5.62. The summed E-state index contributed by atoms with van der Waals surface area (Å²) in [6.45, 7) is 2.49. The van der Waals surface area contributed by atoms with E-state index in [1.165, 1.54) is 36.8 Å².